The Kier molecular flexibility index (Phi) is 5.17. The van der Waals surface area contributed by atoms with Gasteiger partial charge in [0.25, 0.3) is 0 Å². The van der Waals surface area contributed by atoms with Gasteiger partial charge in [0.05, 0.1) is 5.75 Å². The second kappa shape index (κ2) is 6.58. The van der Waals surface area contributed by atoms with E-state index in [4.69, 9.17) is 4.74 Å². The van der Waals surface area contributed by atoms with Crippen LogP contribution >= 0.6 is 0 Å². The van der Waals surface area contributed by atoms with Gasteiger partial charge in [-0.2, -0.15) is 0 Å². The molecule has 2 N–H and O–H groups in total. The second-order valence-electron chi connectivity index (χ2n) is 7.14. The first-order valence-corrected chi connectivity index (χ1v) is 9.51. The number of hydrogen-bond donors (Lipinski definition) is 2. The summed E-state index contributed by atoms with van der Waals surface area (Å²) in [7, 11) is -3.03. The molecule has 6 nitrogen and oxygen atoms in total. The highest BCUT2D eigenvalue weighted by molar-refractivity contribution is 7.94. The number of carbonyl (C=O) groups excluding carboxylic acids is 1. The molecule has 1 amide bonds. The predicted octanol–water partition coefficient (Wildman–Crippen LogP) is 1.72. The highest BCUT2D eigenvalue weighted by Crippen LogP contribution is 2.21. The van der Waals surface area contributed by atoms with Crippen molar-refractivity contribution >= 4 is 15.9 Å². The fourth-order valence-corrected chi connectivity index (χ4v) is 4.18. The Morgan fingerprint density at radius 1 is 1.23 bits per heavy atom. The lowest BCUT2D eigenvalue weighted by molar-refractivity contribution is 0.0488. The van der Waals surface area contributed by atoms with Crippen molar-refractivity contribution in [2.45, 2.75) is 70.2 Å². The maximum Gasteiger partial charge on any atom is 0.407 e. The average Bonchev–Trinajstić information content (AvgIpc) is 2.66. The van der Waals surface area contributed by atoms with Crippen molar-refractivity contribution in [2.24, 2.45) is 0 Å². The summed E-state index contributed by atoms with van der Waals surface area (Å²) < 4.78 is 28.1. The first-order valence-electron chi connectivity index (χ1n) is 7.79. The molecule has 3 atom stereocenters. The Hall–Kier alpha value is -1.08. The van der Waals surface area contributed by atoms with Gasteiger partial charge < -0.3 is 15.4 Å². The van der Waals surface area contributed by atoms with Crippen LogP contribution < -0.4 is 10.6 Å². The molecule has 1 aliphatic carbocycles. The molecular weight excluding hydrogens is 304 g/mol. The van der Waals surface area contributed by atoms with Crippen LogP contribution in [-0.2, 0) is 14.6 Å². The van der Waals surface area contributed by atoms with Crippen LogP contribution in [0.5, 0.6) is 0 Å². The first kappa shape index (κ1) is 17.3. The van der Waals surface area contributed by atoms with Gasteiger partial charge in [-0.1, -0.05) is 6.08 Å². The number of ether oxygens (including phenoxy) is 1. The lowest BCUT2D eigenvalue weighted by Crippen LogP contribution is -2.48. The predicted molar refractivity (Wildman–Crippen MR) is 85.3 cm³/mol. The number of nitrogens with one attached hydrogen (secondary N) is 2. The summed E-state index contributed by atoms with van der Waals surface area (Å²) in [4.78, 5) is 11.8. The van der Waals surface area contributed by atoms with Crippen LogP contribution in [0.25, 0.3) is 0 Å². The molecule has 2 rings (SSSR count). The van der Waals surface area contributed by atoms with Crippen molar-refractivity contribution in [1.29, 1.82) is 0 Å². The summed E-state index contributed by atoms with van der Waals surface area (Å²) in [5.41, 5.74) is -0.501. The molecule has 0 spiro atoms. The number of alkyl carbamates (subject to hydrolysis) is 1. The van der Waals surface area contributed by atoms with Crippen molar-refractivity contribution in [1.82, 2.24) is 10.6 Å². The highest BCUT2D eigenvalue weighted by atomic mass is 32.2. The molecule has 7 heteroatoms. The molecule has 0 aromatic rings. The SMILES string of the molecule is CC(C)(C)OC(=O)NC1CCCC(NC2C=CS(=O)(=O)C2)C1. The van der Waals surface area contributed by atoms with E-state index in [0.717, 1.165) is 25.7 Å². The topological polar surface area (TPSA) is 84.5 Å². The van der Waals surface area contributed by atoms with Gasteiger partial charge in [0.2, 0.25) is 0 Å². The van der Waals surface area contributed by atoms with Crippen LogP contribution in [0.15, 0.2) is 11.5 Å². The molecule has 1 saturated carbocycles. The minimum Gasteiger partial charge on any atom is -0.444 e. The van der Waals surface area contributed by atoms with Gasteiger partial charge in [-0.25, -0.2) is 13.2 Å². The van der Waals surface area contributed by atoms with E-state index in [2.05, 4.69) is 10.6 Å². The van der Waals surface area contributed by atoms with Gasteiger partial charge in [0.1, 0.15) is 5.60 Å². The van der Waals surface area contributed by atoms with E-state index < -0.39 is 15.4 Å². The standard InChI is InChI=1S/C15H26N2O4S/c1-15(2,3)21-14(18)17-12-6-4-5-11(9-12)16-13-7-8-22(19,20)10-13/h7-8,11-13,16H,4-6,9-10H2,1-3H3,(H,17,18). The molecule has 0 bridgehead atoms. The number of carbonyl (C=O) groups is 1. The zero-order valence-corrected chi connectivity index (χ0v) is 14.3. The third kappa shape index (κ3) is 5.61. The molecule has 1 fully saturated rings. The van der Waals surface area contributed by atoms with Crippen LogP contribution in [0.4, 0.5) is 4.79 Å². The molecule has 0 aromatic heterocycles. The summed E-state index contributed by atoms with van der Waals surface area (Å²) in [6, 6.07) is 0.176. The number of sulfone groups is 1. The minimum absolute atomic E-state index is 0.0723. The van der Waals surface area contributed by atoms with Crippen LogP contribution in [0.2, 0.25) is 0 Å². The molecule has 126 valence electrons. The summed E-state index contributed by atoms with van der Waals surface area (Å²) >= 11 is 0. The Morgan fingerprint density at radius 3 is 2.50 bits per heavy atom. The molecule has 2 aliphatic rings. The Bertz CT molecular complexity index is 536. The second-order valence-corrected chi connectivity index (χ2v) is 9.07. The van der Waals surface area contributed by atoms with Crippen LogP contribution in [0, 0.1) is 0 Å². The maximum atomic E-state index is 11.8. The third-order valence-corrected chi connectivity index (χ3v) is 5.17. The smallest absolute Gasteiger partial charge is 0.407 e. The molecule has 0 radical (unpaired) electrons. The molecule has 3 unspecified atom stereocenters. The van der Waals surface area contributed by atoms with E-state index in [1.165, 1.54) is 5.41 Å². The van der Waals surface area contributed by atoms with Crippen LogP contribution in [-0.4, -0.2) is 44.0 Å². The quantitative estimate of drug-likeness (QED) is 0.823. The van der Waals surface area contributed by atoms with Crippen molar-refractivity contribution in [3.8, 4) is 0 Å². The minimum atomic E-state index is -3.03. The lowest BCUT2D eigenvalue weighted by atomic mass is 9.90. The zero-order chi connectivity index (χ0) is 16.4. The summed E-state index contributed by atoms with van der Waals surface area (Å²) in [6.07, 6.45) is 5.04. The van der Waals surface area contributed by atoms with E-state index >= 15 is 0 Å². The fourth-order valence-electron chi connectivity index (χ4n) is 2.93. The monoisotopic (exact) mass is 330 g/mol. The Labute approximate surface area is 132 Å². The Balaban J connectivity index is 1.80. The van der Waals surface area contributed by atoms with E-state index in [9.17, 15) is 13.2 Å². The van der Waals surface area contributed by atoms with E-state index in [-0.39, 0.29) is 30.0 Å². The number of hydrogen-bond acceptors (Lipinski definition) is 5. The van der Waals surface area contributed by atoms with Crippen LogP contribution in [0.1, 0.15) is 46.5 Å². The third-order valence-electron chi connectivity index (χ3n) is 3.77. The Morgan fingerprint density at radius 2 is 1.91 bits per heavy atom. The van der Waals surface area contributed by atoms with Gasteiger partial charge in [0.15, 0.2) is 9.84 Å². The first-order chi connectivity index (χ1) is 10.1. The van der Waals surface area contributed by atoms with E-state index in [1.54, 1.807) is 6.08 Å². The highest BCUT2D eigenvalue weighted by Gasteiger charge is 2.29. The maximum absolute atomic E-state index is 11.8. The van der Waals surface area contributed by atoms with Gasteiger partial charge in [-0.15, -0.1) is 0 Å². The summed E-state index contributed by atoms with van der Waals surface area (Å²) in [5.74, 6) is 0.133. The van der Waals surface area contributed by atoms with Gasteiger partial charge in [-0.3, -0.25) is 0 Å². The van der Waals surface area contributed by atoms with Crippen molar-refractivity contribution < 1.29 is 17.9 Å². The molecule has 0 aromatic carbocycles. The van der Waals surface area contributed by atoms with Gasteiger partial charge in [0, 0.05) is 23.5 Å². The van der Waals surface area contributed by atoms with Crippen LogP contribution in [0.3, 0.4) is 0 Å². The fraction of sp³-hybridized carbons (Fsp3) is 0.800. The van der Waals surface area contributed by atoms with E-state index in [0.29, 0.717) is 0 Å². The van der Waals surface area contributed by atoms with Gasteiger partial charge >= 0.3 is 6.09 Å². The molecule has 1 aliphatic heterocycles. The zero-order valence-electron chi connectivity index (χ0n) is 13.5. The molecule has 0 saturated heterocycles. The summed E-state index contributed by atoms with van der Waals surface area (Å²) in [5, 5.41) is 7.56. The average molecular weight is 330 g/mol. The molecule has 22 heavy (non-hydrogen) atoms. The normalized spacial score (nSPS) is 31.0. The number of rotatable bonds is 3. The molecule has 1 heterocycles. The lowest BCUT2D eigenvalue weighted by Gasteiger charge is -2.32. The van der Waals surface area contributed by atoms with Gasteiger partial charge in [-0.05, 0) is 46.5 Å². The largest absolute Gasteiger partial charge is 0.444 e. The molecular formula is C15H26N2O4S. The van der Waals surface area contributed by atoms with Crippen molar-refractivity contribution in [2.75, 3.05) is 5.75 Å². The van der Waals surface area contributed by atoms with Crippen molar-refractivity contribution in [3.05, 3.63) is 11.5 Å². The number of amides is 1. The van der Waals surface area contributed by atoms with E-state index in [1.807, 2.05) is 20.8 Å². The van der Waals surface area contributed by atoms with Crippen molar-refractivity contribution in [3.63, 3.8) is 0 Å². The summed E-state index contributed by atoms with van der Waals surface area (Å²) in [6.45, 7) is 5.51.